The lowest BCUT2D eigenvalue weighted by atomic mass is 9.95. The molecule has 0 N–H and O–H groups in total. The van der Waals surface area contributed by atoms with Gasteiger partial charge in [-0.3, -0.25) is 9.88 Å². The minimum atomic E-state index is -0.210. The second kappa shape index (κ2) is 11.2. The van der Waals surface area contributed by atoms with E-state index in [9.17, 15) is 4.39 Å². The molecule has 0 atom stereocenters. The number of halogens is 1. The lowest BCUT2D eigenvalue weighted by Crippen LogP contribution is -2.39. The molecule has 1 aliphatic heterocycles. The fourth-order valence-corrected chi connectivity index (χ4v) is 3.93. The number of hydrogen-bond donors (Lipinski definition) is 0. The largest absolute Gasteiger partial charge is 0.497 e. The summed E-state index contributed by atoms with van der Waals surface area (Å²) in [5.74, 6) is 0.964. The van der Waals surface area contributed by atoms with E-state index < -0.39 is 0 Å². The summed E-state index contributed by atoms with van der Waals surface area (Å²) in [5, 5.41) is 0. The average molecular weight is 402 g/mol. The Morgan fingerprint density at radius 1 is 1.10 bits per heavy atom. The Kier molecular flexibility index (Phi) is 8.40. The summed E-state index contributed by atoms with van der Waals surface area (Å²) in [5.41, 5.74) is 1.91. The molecule has 1 aromatic heterocycles. The van der Waals surface area contributed by atoms with Crippen LogP contribution in [0.4, 0.5) is 4.39 Å². The van der Waals surface area contributed by atoms with Crippen LogP contribution in [-0.2, 0) is 17.8 Å². The maximum absolute atomic E-state index is 14.5. The first-order valence-corrected chi connectivity index (χ1v) is 10.3. The lowest BCUT2D eigenvalue weighted by molar-refractivity contribution is 0.103. The van der Waals surface area contributed by atoms with Gasteiger partial charge in [0.05, 0.1) is 13.7 Å². The average Bonchev–Trinajstić information content (AvgIpc) is 2.75. The molecule has 158 valence electrons. The van der Waals surface area contributed by atoms with E-state index >= 15 is 0 Å². The van der Waals surface area contributed by atoms with Gasteiger partial charge in [-0.1, -0.05) is 6.07 Å². The van der Waals surface area contributed by atoms with Gasteiger partial charge >= 0.3 is 0 Å². The highest BCUT2D eigenvalue weighted by atomic mass is 19.1. The molecule has 0 unspecified atom stereocenters. The second-order valence-electron chi connectivity index (χ2n) is 7.76. The zero-order valence-electron chi connectivity index (χ0n) is 17.5. The van der Waals surface area contributed by atoms with Crippen molar-refractivity contribution in [1.29, 1.82) is 0 Å². The smallest absolute Gasteiger partial charge is 0.131 e. The third-order valence-corrected chi connectivity index (χ3v) is 5.64. The van der Waals surface area contributed by atoms with E-state index in [1.54, 1.807) is 14.2 Å². The number of hydrogen-bond acceptors (Lipinski definition) is 5. The molecular formula is C23H32FN3O2. The second-order valence-corrected chi connectivity index (χ2v) is 7.76. The molecule has 0 aliphatic carbocycles. The first-order valence-electron chi connectivity index (χ1n) is 10.3. The van der Waals surface area contributed by atoms with Gasteiger partial charge < -0.3 is 14.4 Å². The Morgan fingerprint density at radius 2 is 1.86 bits per heavy atom. The molecule has 2 aromatic rings. The summed E-state index contributed by atoms with van der Waals surface area (Å²) in [6, 6.07) is 9.20. The molecular weight excluding hydrogens is 369 g/mol. The summed E-state index contributed by atoms with van der Waals surface area (Å²) in [6.07, 6.45) is 5.97. The van der Waals surface area contributed by atoms with Gasteiger partial charge in [-0.25, -0.2) is 4.39 Å². The third-order valence-electron chi connectivity index (χ3n) is 5.64. The van der Waals surface area contributed by atoms with Crippen LogP contribution in [0.15, 0.2) is 42.7 Å². The minimum Gasteiger partial charge on any atom is -0.497 e. The fourth-order valence-electron chi connectivity index (χ4n) is 3.93. The molecule has 3 rings (SSSR count). The molecule has 5 nitrogen and oxygen atoms in total. The van der Waals surface area contributed by atoms with Gasteiger partial charge in [0.25, 0.3) is 0 Å². The molecule has 6 heteroatoms. The van der Waals surface area contributed by atoms with Crippen molar-refractivity contribution in [3.63, 3.8) is 0 Å². The number of methoxy groups -OCH3 is 2. The first-order chi connectivity index (χ1) is 14.2. The summed E-state index contributed by atoms with van der Waals surface area (Å²) in [4.78, 5) is 8.94. The summed E-state index contributed by atoms with van der Waals surface area (Å²) in [7, 11) is 3.31. The molecule has 29 heavy (non-hydrogen) atoms. The summed E-state index contributed by atoms with van der Waals surface area (Å²) in [6.45, 7) is 6.34. The fraction of sp³-hybridized carbons (Fsp3) is 0.522. The highest BCUT2D eigenvalue weighted by Gasteiger charge is 2.22. The predicted molar refractivity (Wildman–Crippen MR) is 112 cm³/mol. The SMILES string of the molecule is COCCN1CCC(CN(Cc2ccncc2)Cc2ccc(OC)cc2F)CC1. The summed E-state index contributed by atoms with van der Waals surface area (Å²) < 4.78 is 24.9. The van der Waals surface area contributed by atoms with Gasteiger partial charge in [-0.15, -0.1) is 0 Å². The normalized spacial score (nSPS) is 15.7. The van der Waals surface area contributed by atoms with E-state index in [4.69, 9.17) is 9.47 Å². The van der Waals surface area contributed by atoms with Gasteiger partial charge in [0.2, 0.25) is 0 Å². The van der Waals surface area contributed by atoms with Crippen LogP contribution < -0.4 is 4.74 Å². The number of rotatable bonds is 10. The van der Waals surface area contributed by atoms with Gasteiger partial charge in [0, 0.05) is 57.3 Å². The number of piperidine rings is 1. The number of likely N-dealkylation sites (tertiary alicyclic amines) is 1. The van der Waals surface area contributed by atoms with Crippen LogP contribution in [0, 0.1) is 11.7 Å². The van der Waals surface area contributed by atoms with Gasteiger partial charge in [-0.05, 0) is 55.6 Å². The van der Waals surface area contributed by atoms with Crippen molar-refractivity contribution in [1.82, 2.24) is 14.8 Å². The van der Waals surface area contributed by atoms with Crippen LogP contribution >= 0.6 is 0 Å². The topological polar surface area (TPSA) is 37.8 Å². The van der Waals surface area contributed by atoms with Crippen LogP contribution in [-0.4, -0.2) is 61.8 Å². The molecule has 1 aromatic carbocycles. The van der Waals surface area contributed by atoms with Crippen LogP contribution in [0.1, 0.15) is 24.0 Å². The van der Waals surface area contributed by atoms with Crippen LogP contribution in [0.3, 0.4) is 0 Å². The Bertz CT molecular complexity index is 736. The molecule has 0 saturated carbocycles. The quantitative estimate of drug-likeness (QED) is 0.608. The van der Waals surface area contributed by atoms with Crippen molar-refractivity contribution in [2.24, 2.45) is 5.92 Å². The highest BCUT2D eigenvalue weighted by molar-refractivity contribution is 5.29. The van der Waals surface area contributed by atoms with E-state index in [2.05, 4.69) is 14.8 Å². The highest BCUT2D eigenvalue weighted by Crippen LogP contribution is 2.23. The molecule has 0 radical (unpaired) electrons. The van der Waals surface area contributed by atoms with Crippen LogP contribution in [0.25, 0.3) is 0 Å². The van der Waals surface area contributed by atoms with E-state index in [1.165, 1.54) is 24.5 Å². The van der Waals surface area contributed by atoms with Crippen molar-refractivity contribution < 1.29 is 13.9 Å². The molecule has 0 amide bonds. The van der Waals surface area contributed by atoms with Gasteiger partial charge in [0.15, 0.2) is 0 Å². The molecule has 2 heterocycles. The van der Waals surface area contributed by atoms with Crippen molar-refractivity contribution in [2.75, 3.05) is 47.0 Å². The number of pyridine rings is 1. The van der Waals surface area contributed by atoms with Gasteiger partial charge in [-0.2, -0.15) is 0 Å². The zero-order valence-corrected chi connectivity index (χ0v) is 17.5. The molecule has 1 fully saturated rings. The maximum atomic E-state index is 14.5. The van der Waals surface area contributed by atoms with Crippen LogP contribution in [0.5, 0.6) is 5.75 Å². The monoisotopic (exact) mass is 401 g/mol. The molecule has 1 saturated heterocycles. The van der Waals surface area contributed by atoms with E-state index in [0.29, 0.717) is 23.8 Å². The molecule has 1 aliphatic rings. The van der Waals surface area contributed by atoms with Crippen molar-refractivity contribution in [3.05, 3.63) is 59.7 Å². The Balaban J connectivity index is 1.64. The minimum absolute atomic E-state index is 0.210. The number of benzene rings is 1. The Morgan fingerprint density at radius 3 is 2.52 bits per heavy atom. The Hall–Kier alpha value is -2.02. The third kappa shape index (κ3) is 6.77. The summed E-state index contributed by atoms with van der Waals surface area (Å²) >= 11 is 0. The van der Waals surface area contributed by atoms with E-state index in [1.807, 2.05) is 36.7 Å². The first kappa shape index (κ1) is 21.7. The lowest BCUT2D eigenvalue weighted by Gasteiger charge is -2.35. The van der Waals surface area contributed by atoms with Gasteiger partial charge in [0.1, 0.15) is 11.6 Å². The maximum Gasteiger partial charge on any atom is 0.131 e. The predicted octanol–water partition coefficient (Wildman–Crippen LogP) is 3.59. The van der Waals surface area contributed by atoms with Crippen molar-refractivity contribution in [2.45, 2.75) is 25.9 Å². The number of nitrogens with zero attached hydrogens (tertiary/aromatic N) is 3. The van der Waals surface area contributed by atoms with Crippen molar-refractivity contribution >= 4 is 0 Å². The standard InChI is InChI=1S/C23H32FN3O2/c1-28-14-13-26-11-7-20(8-12-26)17-27(16-19-5-9-25-10-6-19)18-21-3-4-22(29-2)15-23(21)24/h3-6,9-10,15,20H,7-8,11-14,16-18H2,1-2H3. The zero-order chi connectivity index (χ0) is 20.5. The number of ether oxygens (including phenoxy) is 2. The van der Waals surface area contributed by atoms with Crippen molar-refractivity contribution in [3.8, 4) is 5.75 Å². The molecule has 0 spiro atoms. The number of aromatic nitrogens is 1. The van der Waals surface area contributed by atoms with Crippen LogP contribution in [0.2, 0.25) is 0 Å². The van der Waals surface area contributed by atoms with E-state index in [0.717, 1.165) is 39.3 Å². The molecule has 0 bridgehead atoms. The van der Waals surface area contributed by atoms with E-state index in [-0.39, 0.29) is 5.82 Å². The Labute approximate surface area is 173 Å².